The fraction of sp³-hybridized carbons (Fsp3) is 0. The summed E-state index contributed by atoms with van der Waals surface area (Å²) >= 11 is 0. The third kappa shape index (κ3) is 4.11. The highest BCUT2D eigenvalue weighted by Gasteiger charge is 2.14. The molecule has 0 atom stereocenters. The summed E-state index contributed by atoms with van der Waals surface area (Å²) in [6, 6.07) is 41.9. The Kier molecular flexibility index (Phi) is 5.60. The van der Waals surface area contributed by atoms with Crippen molar-refractivity contribution in [2.75, 3.05) is 4.90 Å². The predicted octanol–water partition coefficient (Wildman–Crippen LogP) is 9.81. The normalized spacial score (nSPS) is 14.6. The molecule has 0 spiro atoms. The van der Waals surface area contributed by atoms with Crippen LogP contribution in [0.3, 0.4) is 0 Å². The largest absolute Gasteiger partial charge is 0.457 e. The molecule has 3 nitrogen and oxygen atoms in total. The molecule has 0 aliphatic carbocycles. The molecule has 0 fully saturated rings. The van der Waals surface area contributed by atoms with Gasteiger partial charge in [0, 0.05) is 33.9 Å². The molecule has 39 heavy (non-hydrogen) atoms. The average Bonchev–Trinajstić information content (AvgIpc) is 3.32. The van der Waals surface area contributed by atoms with E-state index in [-0.39, 0.29) is 0 Å². The van der Waals surface area contributed by atoms with Crippen molar-refractivity contribution in [1.82, 2.24) is 4.57 Å². The molecule has 1 aliphatic heterocycles. The monoisotopic (exact) mass is 502 g/mol. The Morgan fingerprint density at radius 1 is 0.538 bits per heavy atom. The fourth-order valence-electron chi connectivity index (χ4n) is 5.33. The van der Waals surface area contributed by atoms with E-state index in [9.17, 15) is 0 Å². The first-order chi connectivity index (χ1) is 19.3. The predicted molar refractivity (Wildman–Crippen MR) is 163 cm³/mol. The number of allylic oxidation sites excluding steroid dienone is 4. The second-order valence-electron chi connectivity index (χ2n) is 9.57. The van der Waals surface area contributed by atoms with Gasteiger partial charge < -0.3 is 14.2 Å². The van der Waals surface area contributed by atoms with Gasteiger partial charge in [-0.2, -0.15) is 0 Å². The topological polar surface area (TPSA) is 17.4 Å². The van der Waals surface area contributed by atoms with Gasteiger partial charge in [0.15, 0.2) is 0 Å². The van der Waals surface area contributed by atoms with Crippen LogP contribution in [0.15, 0.2) is 152 Å². The van der Waals surface area contributed by atoms with E-state index in [2.05, 4.69) is 113 Å². The molecule has 1 aromatic heterocycles. The Hall–Kier alpha value is -5.28. The Morgan fingerprint density at radius 3 is 1.77 bits per heavy atom. The van der Waals surface area contributed by atoms with Gasteiger partial charge in [-0.05, 0) is 78.4 Å². The zero-order valence-corrected chi connectivity index (χ0v) is 21.4. The summed E-state index contributed by atoms with van der Waals surface area (Å²) in [6.07, 6.45) is 8.16. The van der Waals surface area contributed by atoms with E-state index >= 15 is 0 Å². The fourth-order valence-corrected chi connectivity index (χ4v) is 5.33. The highest BCUT2D eigenvalue weighted by Crippen LogP contribution is 2.36. The zero-order valence-electron chi connectivity index (χ0n) is 21.4. The molecule has 5 aromatic carbocycles. The Morgan fingerprint density at radius 2 is 1.10 bits per heavy atom. The number of para-hydroxylation sites is 3. The minimum absolute atomic E-state index is 0.789. The van der Waals surface area contributed by atoms with Crippen LogP contribution in [-0.4, -0.2) is 4.57 Å². The van der Waals surface area contributed by atoms with Gasteiger partial charge in [0.2, 0.25) is 0 Å². The quantitative estimate of drug-likeness (QED) is 0.239. The molecule has 0 amide bonds. The number of hydrogen-bond acceptors (Lipinski definition) is 2. The van der Waals surface area contributed by atoms with Crippen LogP contribution in [0.5, 0.6) is 11.5 Å². The first-order valence-corrected chi connectivity index (χ1v) is 13.1. The Labute approximate surface area is 227 Å². The summed E-state index contributed by atoms with van der Waals surface area (Å²) in [5, 5.41) is 2.51. The molecule has 0 radical (unpaired) electrons. The van der Waals surface area contributed by atoms with Crippen molar-refractivity contribution in [3.8, 4) is 17.2 Å². The number of ether oxygens (including phenoxy) is 1. The summed E-state index contributed by atoms with van der Waals surface area (Å²) < 4.78 is 8.54. The van der Waals surface area contributed by atoms with Crippen LogP contribution in [0, 0.1) is 0 Å². The van der Waals surface area contributed by atoms with E-state index in [1.807, 2.05) is 48.6 Å². The van der Waals surface area contributed by atoms with Crippen molar-refractivity contribution < 1.29 is 4.74 Å². The third-order valence-electron chi connectivity index (χ3n) is 7.18. The molecule has 1 aliphatic rings. The summed E-state index contributed by atoms with van der Waals surface area (Å²) in [4.78, 5) is 2.17. The van der Waals surface area contributed by atoms with Crippen LogP contribution in [0.2, 0.25) is 0 Å². The van der Waals surface area contributed by atoms with Crippen LogP contribution in [0.25, 0.3) is 33.1 Å². The maximum absolute atomic E-state index is 6.23. The van der Waals surface area contributed by atoms with Crippen LogP contribution in [-0.2, 0) is 0 Å². The first kappa shape index (κ1) is 22.9. The van der Waals surface area contributed by atoms with Crippen LogP contribution in [0.4, 0.5) is 11.4 Å². The van der Waals surface area contributed by atoms with Crippen molar-refractivity contribution in [3.05, 3.63) is 158 Å². The number of rotatable bonds is 4. The molecule has 0 bridgehead atoms. The van der Waals surface area contributed by atoms with Gasteiger partial charge in [0.1, 0.15) is 11.5 Å². The number of anilines is 2. The van der Waals surface area contributed by atoms with E-state index in [0.29, 0.717) is 0 Å². The molecule has 2 heterocycles. The van der Waals surface area contributed by atoms with Crippen molar-refractivity contribution in [2.45, 2.75) is 0 Å². The summed E-state index contributed by atoms with van der Waals surface area (Å²) in [5.74, 6) is 1.59. The van der Waals surface area contributed by atoms with E-state index in [1.54, 1.807) is 0 Å². The van der Waals surface area contributed by atoms with Crippen LogP contribution >= 0.6 is 0 Å². The standard InChI is InChI=1S/C36H26N2O/c1-26-10-8-9-25-37(34-14-5-2-11-31(26)34)27-17-21-29(22-18-27)39-30-23-19-28(20-24-30)38-35-15-6-3-12-32(35)33-13-4-7-16-36(33)38/h2-25H,1H2/b10-8-,25-9-. The van der Waals surface area contributed by atoms with Crippen molar-refractivity contribution >= 4 is 38.8 Å². The number of nitrogens with zero attached hydrogens (tertiary/aromatic N) is 2. The maximum atomic E-state index is 6.23. The SMILES string of the molecule is C=C1/C=C\C=C/N(c2ccc(Oc3ccc(-n4c5ccccc5c5ccccc54)cc3)cc2)c2ccccc21. The number of hydrogen-bond donors (Lipinski definition) is 0. The highest BCUT2D eigenvalue weighted by molar-refractivity contribution is 6.09. The number of fused-ring (bicyclic) bond motifs is 4. The Bertz CT molecular complexity index is 1840. The molecule has 0 saturated heterocycles. The Balaban J connectivity index is 1.16. The minimum Gasteiger partial charge on any atom is -0.457 e. The maximum Gasteiger partial charge on any atom is 0.127 e. The number of benzene rings is 5. The minimum atomic E-state index is 0.789. The summed E-state index contributed by atoms with van der Waals surface area (Å²) in [5.41, 5.74) is 7.75. The van der Waals surface area contributed by atoms with Crippen LogP contribution in [0.1, 0.15) is 5.56 Å². The second kappa shape index (κ2) is 9.55. The van der Waals surface area contributed by atoms with E-state index in [4.69, 9.17) is 4.74 Å². The molecule has 0 N–H and O–H groups in total. The summed E-state index contributed by atoms with van der Waals surface area (Å²) in [7, 11) is 0. The lowest BCUT2D eigenvalue weighted by molar-refractivity contribution is 0.482. The molecule has 7 rings (SSSR count). The summed E-state index contributed by atoms with van der Waals surface area (Å²) in [6.45, 7) is 4.23. The van der Waals surface area contributed by atoms with Gasteiger partial charge in [-0.3, -0.25) is 0 Å². The van der Waals surface area contributed by atoms with Gasteiger partial charge in [0.05, 0.1) is 16.7 Å². The molecule has 3 heteroatoms. The molecular formula is C36H26N2O. The van der Waals surface area contributed by atoms with Crippen molar-refractivity contribution in [2.24, 2.45) is 0 Å². The lowest BCUT2D eigenvalue weighted by Crippen LogP contribution is -2.11. The van der Waals surface area contributed by atoms with Gasteiger partial charge in [-0.1, -0.05) is 73.3 Å². The molecule has 0 saturated carbocycles. The smallest absolute Gasteiger partial charge is 0.127 e. The first-order valence-electron chi connectivity index (χ1n) is 13.1. The van der Waals surface area contributed by atoms with Crippen molar-refractivity contribution in [3.63, 3.8) is 0 Å². The van der Waals surface area contributed by atoms with Gasteiger partial charge in [0.25, 0.3) is 0 Å². The van der Waals surface area contributed by atoms with Gasteiger partial charge in [-0.25, -0.2) is 0 Å². The van der Waals surface area contributed by atoms with E-state index < -0.39 is 0 Å². The second-order valence-corrected chi connectivity index (χ2v) is 9.57. The third-order valence-corrected chi connectivity index (χ3v) is 7.18. The average molecular weight is 503 g/mol. The molecule has 186 valence electrons. The van der Waals surface area contributed by atoms with E-state index in [1.165, 1.54) is 21.8 Å². The number of aromatic nitrogens is 1. The molecule has 0 unspecified atom stereocenters. The van der Waals surface area contributed by atoms with Gasteiger partial charge >= 0.3 is 0 Å². The lowest BCUT2D eigenvalue weighted by Gasteiger charge is -2.25. The van der Waals surface area contributed by atoms with Gasteiger partial charge in [-0.15, -0.1) is 0 Å². The highest BCUT2D eigenvalue weighted by atomic mass is 16.5. The van der Waals surface area contributed by atoms with Crippen molar-refractivity contribution in [1.29, 1.82) is 0 Å². The van der Waals surface area contributed by atoms with Crippen LogP contribution < -0.4 is 9.64 Å². The molecule has 6 aromatic rings. The van der Waals surface area contributed by atoms with E-state index in [0.717, 1.165) is 39.7 Å². The zero-order chi connectivity index (χ0) is 26.2. The molecular weight excluding hydrogens is 476 g/mol. The lowest BCUT2D eigenvalue weighted by atomic mass is 10.0.